The third-order valence-corrected chi connectivity index (χ3v) is 8.72. The number of allylic oxidation sites excluding steroid dienone is 1. The number of benzene rings is 3. The highest BCUT2D eigenvalue weighted by Gasteiger charge is 2.33. The van der Waals surface area contributed by atoms with Crippen molar-refractivity contribution in [2.24, 2.45) is 4.99 Å². The lowest BCUT2D eigenvalue weighted by atomic mass is 9.83. The van der Waals surface area contributed by atoms with Gasteiger partial charge < -0.3 is 4.74 Å². The summed E-state index contributed by atoms with van der Waals surface area (Å²) in [6.45, 7) is 0. The molecule has 1 aliphatic heterocycles. The lowest BCUT2D eigenvalue weighted by Gasteiger charge is -2.31. The maximum absolute atomic E-state index is 13.8. The first kappa shape index (κ1) is 22.8. The summed E-state index contributed by atoms with van der Waals surface area (Å²) in [4.78, 5) is 19.6. The van der Waals surface area contributed by atoms with Gasteiger partial charge in [0.15, 0.2) is 4.80 Å². The highest BCUT2D eigenvalue weighted by Crippen LogP contribution is 2.42. The van der Waals surface area contributed by atoms with Gasteiger partial charge in [0, 0.05) is 10.6 Å². The van der Waals surface area contributed by atoms with E-state index in [1.807, 2.05) is 53.1 Å². The van der Waals surface area contributed by atoms with Crippen molar-refractivity contribution < 1.29 is 4.74 Å². The van der Waals surface area contributed by atoms with Crippen LogP contribution in [0.3, 0.4) is 0 Å². The summed E-state index contributed by atoms with van der Waals surface area (Å²) in [5, 5.41) is 0.657. The number of aromatic nitrogens is 1. The number of ether oxygens (including phenoxy) is 1. The van der Waals surface area contributed by atoms with E-state index in [0.29, 0.717) is 14.4 Å². The summed E-state index contributed by atoms with van der Waals surface area (Å²) < 4.78 is 8.85. The van der Waals surface area contributed by atoms with Crippen LogP contribution in [-0.4, -0.2) is 11.7 Å². The lowest BCUT2D eigenvalue weighted by Crippen LogP contribution is -2.38. The average Bonchev–Trinajstić information content (AvgIpc) is 3.18. The Morgan fingerprint density at radius 2 is 1.91 bits per heavy atom. The summed E-state index contributed by atoms with van der Waals surface area (Å²) in [6.07, 6.45) is 3.69. The third kappa shape index (κ3) is 3.88. The fraction of sp³-hybridized carbons (Fsp3) is 0.143. The van der Waals surface area contributed by atoms with Crippen LogP contribution in [0.15, 0.2) is 82.1 Å². The third-order valence-electron chi connectivity index (χ3n) is 6.55. The molecule has 0 saturated heterocycles. The van der Waals surface area contributed by atoms with Crippen molar-refractivity contribution in [3.63, 3.8) is 0 Å². The predicted octanol–water partition coefficient (Wildman–Crippen LogP) is 5.59. The van der Waals surface area contributed by atoms with Gasteiger partial charge in [0.25, 0.3) is 5.56 Å². The molecule has 3 aromatic carbocycles. The number of aryl methyl sites for hydroxylation is 1. The highest BCUT2D eigenvalue weighted by atomic mass is 127. The molecular weight excluding hydrogens is 591 g/mol. The van der Waals surface area contributed by atoms with Crippen LogP contribution in [0.4, 0.5) is 0 Å². The molecule has 2 aliphatic rings. The van der Waals surface area contributed by atoms with Crippen molar-refractivity contribution in [1.82, 2.24) is 4.57 Å². The van der Waals surface area contributed by atoms with Crippen molar-refractivity contribution >= 4 is 57.3 Å². The van der Waals surface area contributed by atoms with E-state index in [-0.39, 0.29) is 11.6 Å². The fourth-order valence-corrected chi connectivity index (χ4v) is 6.92. The zero-order chi connectivity index (χ0) is 24.1. The molecule has 7 heteroatoms. The van der Waals surface area contributed by atoms with Crippen molar-refractivity contribution in [2.75, 3.05) is 7.11 Å². The quantitative estimate of drug-likeness (QED) is 0.284. The smallest absolute Gasteiger partial charge is 0.271 e. The summed E-state index contributed by atoms with van der Waals surface area (Å²) in [6, 6.07) is 21.9. The van der Waals surface area contributed by atoms with Crippen LogP contribution in [0.2, 0.25) is 5.02 Å². The second-order valence-corrected chi connectivity index (χ2v) is 11.1. The molecule has 4 aromatic rings. The van der Waals surface area contributed by atoms with E-state index in [4.69, 9.17) is 21.3 Å². The molecular formula is C28H20ClIN2O2S. The first-order valence-electron chi connectivity index (χ1n) is 11.3. The Hall–Kier alpha value is -2.68. The first-order chi connectivity index (χ1) is 17.0. The largest absolute Gasteiger partial charge is 0.496 e. The molecule has 4 nitrogen and oxygen atoms in total. The monoisotopic (exact) mass is 610 g/mol. The molecule has 1 aliphatic carbocycles. The topological polar surface area (TPSA) is 43.6 Å². The van der Waals surface area contributed by atoms with Gasteiger partial charge in [0.1, 0.15) is 5.75 Å². The Morgan fingerprint density at radius 1 is 1.11 bits per heavy atom. The van der Waals surface area contributed by atoms with Crippen LogP contribution in [0.25, 0.3) is 11.8 Å². The van der Waals surface area contributed by atoms with E-state index in [1.54, 1.807) is 7.11 Å². The number of methoxy groups -OCH3 is 1. The molecule has 0 saturated carbocycles. The van der Waals surface area contributed by atoms with Crippen LogP contribution in [0.1, 0.15) is 34.7 Å². The van der Waals surface area contributed by atoms with Gasteiger partial charge in [-0.15, -0.1) is 0 Å². The molecule has 6 rings (SSSR count). The van der Waals surface area contributed by atoms with E-state index < -0.39 is 0 Å². The Kier molecular flexibility index (Phi) is 5.90. The standard InChI is InChI=1S/C28H20ClIN2O2S/c1-34-23-13-10-16(14-22(23)30)15-24-27(33)32-26(19-8-4-5-9-21(19)29)20-12-11-17-6-2-3-7-18(17)25(20)31-28(32)35-24/h2-10,13-15,26H,11-12H2,1H3/b24-15-/t26-/m0/s1. The maximum Gasteiger partial charge on any atom is 0.271 e. The minimum atomic E-state index is -0.276. The Balaban J connectivity index is 1.61. The van der Waals surface area contributed by atoms with Crippen LogP contribution < -0.4 is 19.6 Å². The summed E-state index contributed by atoms with van der Waals surface area (Å²) >= 11 is 10.4. The number of fused-ring (bicyclic) bond motifs is 3. The molecule has 0 fully saturated rings. The van der Waals surface area contributed by atoms with Crippen molar-refractivity contribution in [2.45, 2.75) is 18.9 Å². The molecule has 35 heavy (non-hydrogen) atoms. The Morgan fingerprint density at radius 3 is 2.71 bits per heavy atom. The number of hydrogen-bond donors (Lipinski definition) is 0. The summed E-state index contributed by atoms with van der Waals surface area (Å²) in [5.74, 6) is 0.814. The van der Waals surface area contributed by atoms with Gasteiger partial charge in [-0.1, -0.05) is 71.5 Å². The van der Waals surface area contributed by atoms with E-state index in [1.165, 1.54) is 16.9 Å². The second-order valence-electron chi connectivity index (χ2n) is 8.53. The predicted molar refractivity (Wildman–Crippen MR) is 150 cm³/mol. The van der Waals surface area contributed by atoms with E-state index >= 15 is 0 Å². The second kappa shape index (κ2) is 9.08. The van der Waals surface area contributed by atoms with Gasteiger partial charge in [-0.25, -0.2) is 4.99 Å². The fourth-order valence-electron chi connectivity index (χ4n) is 4.92. The summed E-state index contributed by atoms with van der Waals surface area (Å²) in [5.41, 5.74) is 6.40. The average molecular weight is 611 g/mol. The van der Waals surface area contributed by atoms with Crippen LogP contribution in [-0.2, 0) is 6.42 Å². The van der Waals surface area contributed by atoms with Gasteiger partial charge in [0.2, 0.25) is 0 Å². The number of thiazole rings is 1. The molecule has 0 amide bonds. The van der Waals surface area contributed by atoms with Gasteiger partial charge >= 0.3 is 0 Å². The molecule has 0 N–H and O–H groups in total. The van der Waals surface area contributed by atoms with Gasteiger partial charge in [-0.3, -0.25) is 9.36 Å². The SMILES string of the molecule is COc1ccc(/C=c2\sc3n(c2=O)[C@@H](c2ccccc2Cl)C2=C(N=3)c3ccccc3CC2)cc1I. The van der Waals surface area contributed by atoms with Crippen LogP contribution in [0.5, 0.6) is 5.75 Å². The van der Waals surface area contributed by atoms with Crippen molar-refractivity contribution in [3.8, 4) is 5.75 Å². The van der Waals surface area contributed by atoms with E-state index in [2.05, 4.69) is 46.9 Å². The minimum Gasteiger partial charge on any atom is -0.496 e. The Labute approximate surface area is 225 Å². The molecule has 1 atom stereocenters. The molecule has 2 heterocycles. The van der Waals surface area contributed by atoms with Crippen LogP contribution >= 0.6 is 45.5 Å². The molecule has 0 spiro atoms. The molecule has 0 unspecified atom stereocenters. The van der Waals surface area contributed by atoms with Crippen molar-refractivity contribution in [1.29, 1.82) is 0 Å². The maximum atomic E-state index is 13.8. The Bertz CT molecular complexity index is 1700. The first-order valence-corrected chi connectivity index (χ1v) is 13.5. The number of hydrogen-bond acceptors (Lipinski definition) is 4. The van der Waals surface area contributed by atoms with E-state index in [9.17, 15) is 4.79 Å². The summed E-state index contributed by atoms with van der Waals surface area (Å²) in [7, 11) is 1.66. The molecule has 174 valence electrons. The van der Waals surface area contributed by atoms with Gasteiger partial charge in [-0.2, -0.15) is 0 Å². The molecule has 1 aromatic heterocycles. The normalized spacial score (nSPS) is 16.9. The number of rotatable bonds is 3. The zero-order valence-corrected chi connectivity index (χ0v) is 22.5. The number of nitrogens with zero attached hydrogens (tertiary/aromatic N) is 2. The molecule has 0 bridgehead atoms. The minimum absolute atomic E-state index is 0.0464. The number of halogens is 2. The zero-order valence-electron chi connectivity index (χ0n) is 18.8. The van der Waals surface area contributed by atoms with E-state index in [0.717, 1.165) is 50.1 Å². The molecule has 0 radical (unpaired) electrons. The van der Waals surface area contributed by atoms with Crippen molar-refractivity contribution in [3.05, 3.63) is 123 Å². The highest BCUT2D eigenvalue weighted by molar-refractivity contribution is 14.1. The van der Waals surface area contributed by atoms with Gasteiger partial charge in [0.05, 0.1) is 27.0 Å². The lowest BCUT2D eigenvalue weighted by molar-refractivity contribution is 0.412. The van der Waals surface area contributed by atoms with Crippen LogP contribution in [0, 0.1) is 3.57 Å². The van der Waals surface area contributed by atoms with Gasteiger partial charge in [-0.05, 0) is 82.0 Å².